The van der Waals surface area contributed by atoms with E-state index < -0.39 is 10.0 Å². The van der Waals surface area contributed by atoms with Crippen LogP contribution in [0.25, 0.3) is 0 Å². The van der Waals surface area contributed by atoms with Gasteiger partial charge in [0.05, 0.1) is 26.5 Å². The Balaban J connectivity index is 0.00000392. The molecule has 1 fully saturated rings. The highest BCUT2D eigenvalue weighted by Crippen LogP contribution is 2.30. The van der Waals surface area contributed by atoms with Crippen LogP contribution in [-0.2, 0) is 10.0 Å². The summed E-state index contributed by atoms with van der Waals surface area (Å²) in [6, 6.07) is 5.48. The molecule has 1 aromatic carbocycles. The predicted molar refractivity (Wildman–Crippen MR) is 124 cm³/mol. The molecule has 1 aromatic rings. The van der Waals surface area contributed by atoms with Gasteiger partial charge in [-0.1, -0.05) is 0 Å². The molecule has 0 amide bonds. The highest BCUT2D eigenvalue weighted by atomic mass is 127. The molecule has 10 heteroatoms. The molecular formula is C18H31IN4O4S. The molecule has 1 heterocycles. The van der Waals surface area contributed by atoms with E-state index in [1.807, 2.05) is 32.0 Å². The summed E-state index contributed by atoms with van der Waals surface area (Å²) >= 11 is 0. The number of methoxy groups -OCH3 is 1. The third-order valence-electron chi connectivity index (χ3n) is 4.28. The van der Waals surface area contributed by atoms with Crippen LogP contribution in [0.4, 0.5) is 5.69 Å². The lowest BCUT2D eigenvalue weighted by Gasteiger charge is -2.21. The van der Waals surface area contributed by atoms with Gasteiger partial charge in [-0.2, -0.15) is 4.31 Å². The van der Waals surface area contributed by atoms with Crippen molar-refractivity contribution in [1.82, 2.24) is 9.62 Å². The number of nitrogens with one attached hydrogen (secondary N) is 2. The molecule has 0 bridgehead atoms. The first-order valence-corrected chi connectivity index (χ1v) is 11.1. The topological polar surface area (TPSA) is 92.3 Å². The first-order valence-electron chi connectivity index (χ1n) is 9.22. The minimum absolute atomic E-state index is 0. The summed E-state index contributed by atoms with van der Waals surface area (Å²) in [5, 5.41) is 6.43. The Labute approximate surface area is 185 Å². The molecule has 0 aliphatic carbocycles. The lowest BCUT2D eigenvalue weighted by molar-refractivity contribution is 0.311. The van der Waals surface area contributed by atoms with Gasteiger partial charge >= 0.3 is 0 Å². The van der Waals surface area contributed by atoms with Crippen LogP contribution < -0.4 is 20.1 Å². The van der Waals surface area contributed by atoms with Gasteiger partial charge < -0.3 is 20.1 Å². The van der Waals surface area contributed by atoms with Gasteiger partial charge in [-0.15, -0.1) is 24.0 Å². The molecule has 28 heavy (non-hydrogen) atoms. The monoisotopic (exact) mass is 526 g/mol. The van der Waals surface area contributed by atoms with Crippen molar-refractivity contribution in [1.29, 1.82) is 0 Å². The normalized spacial score (nSPS) is 17.7. The van der Waals surface area contributed by atoms with E-state index in [0.717, 1.165) is 18.5 Å². The van der Waals surface area contributed by atoms with Crippen molar-refractivity contribution in [3.05, 3.63) is 18.2 Å². The third-order valence-corrected chi connectivity index (χ3v) is 5.61. The quantitative estimate of drug-likeness (QED) is 0.307. The van der Waals surface area contributed by atoms with Gasteiger partial charge in [0.15, 0.2) is 17.5 Å². The van der Waals surface area contributed by atoms with E-state index in [9.17, 15) is 8.42 Å². The molecule has 2 N–H and O–H groups in total. The molecule has 8 nitrogen and oxygen atoms in total. The summed E-state index contributed by atoms with van der Waals surface area (Å²) in [6.45, 7) is 6.11. The van der Waals surface area contributed by atoms with E-state index in [4.69, 9.17) is 9.47 Å². The van der Waals surface area contributed by atoms with Crippen molar-refractivity contribution in [2.75, 3.05) is 44.9 Å². The number of aliphatic imine (C=N–C) groups is 1. The SMILES string of the molecule is CCNC(=NC[C@H]1CCCN1S(C)(=O)=O)Nc1ccc(OC)c(OCC)c1.I. The molecule has 2 rings (SSSR count). The summed E-state index contributed by atoms with van der Waals surface area (Å²) in [6.07, 6.45) is 2.95. The first kappa shape index (κ1) is 24.8. The van der Waals surface area contributed by atoms with Crippen LogP contribution in [0.2, 0.25) is 0 Å². The average Bonchev–Trinajstić information content (AvgIpc) is 3.09. The highest BCUT2D eigenvalue weighted by Gasteiger charge is 2.31. The number of anilines is 1. The number of halogens is 1. The van der Waals surface area contributed by atoms with E-state index in [1.165, 1.54) is 6.26 Å². The van der Waals surface area contributed by atoms with Crippen molar-refractivity contribution in [3.63, 3.8) is 0 Å². The Morgan fingerprint density at radius 1 is 1.32 bits per heavy atom. The molecule has 1 saturated heterocycles. The van der Waals surface area contributed by atoms with Gasteiger partial charge in [0.25, 0.3) is 0 Å². The Morgan fingerprint density at radius 2 is 2.07 bits per heavy atom. The van der Waals surface area contributed by atoms with E-state index in [2.05, 4.69) is 15.6 Å². The number of hydrogen-bond acceptors (Lipinski definition) is 5. The molecule has 0 aromatic heterocycles. The van der Waals surface area contributed by atoms with Crippen molar-refractivity contribution in [3.8, 4) is 11.5 Å². The lowest BCUT2D eigenvalue weighted by Crippen LogP contribution is -2.38. The smallest absolute Gasteiger partial charge is 0.211 e. The largest absolute Gasteiger partial charge is 0.493 e. The molecule has 0 radical (unpaired) electrons. The molecule has 0 saturated carbocycles. The number of rotatable bonds is 8. The number of benzene rings is 1. The third kappa shape index (κ3) is 6.96. The van der Waals surface area contributed by atoms with Crippen molar-refractivity contribution in [2.45, 2.75) is 32.7 Å². The van der Waals surface area contributed by atoms with E-state index in [-0.39, 0.29) is 30.0 Å². The second-order valence-electron chi connectivity index (χ2n) is 6.31. The highest BCUT2D eigenvalue weighted by molar-refractivity contribution is 14.0. The minimum atomic E-state index is -3.20. The Kier molecular flexibility index (Phi) is 10.3. The Hall–Kier alpha value is -1.27. The summed E-state index contributed by atoms with van der Waals surface area (Å²) in [7, 11) is -1.59. The molecular weight excluding hydrogens is 495 g/mol. The summed E-state index contributed by atoms with van der Waals surface area (Å²) in [5.74, 6) is 1.92. The fraction of sp³-hybridized carbons (Fsp3) is 0.611. The lowest BCUT2D eigenvalue weighted by atomic mass is 10.2. The first-order chi connectivity index (χ1) is 12.9. The van der Waals surface area contributed by atoms with Gasteiger partial charge in [-0.05, 0) is 38.8 Å². The maximum absolute atomic E-state index is 11.9. The minimum Gasteiger partial charge on any atom is -0.493 e. The van der Waals surface area contributed by atoms with E-state index >= 15 is 0 Å². The molecule has 1 aliphatic rings. The molecule has 1 atom stereocenters. The standard InChI is InChI=1S/C18H30N4O4S.HI/c1-5-19-18(20-13-15-8-7-11-22(15)27(4,23)24)21-14-9-10-16(25-3)17(12-14)26-6-2;/h9-10,12,15H,5-8,11,13H2,1-4H3,(H2,19,20,21);1H/t15-;/m1./s1. The Bertz CT molecular complexity index is 758. The summed E-state index contributed by atoms with van der Waals surface area (Å²) < 4.78 is 36.2. The zero-order valence-corrected chi connectivity index (χ0v) is 20.0. The van der Waals surface area contributed by atoms with E-state index in [0.29, 0.717) is 43.7 Å². The van der Waals surface area contributed by atoms with Gasteiger partial charge in [-0.25, -0.2) is 8.42 Å². The van der Waals surface area contributed by atoms with Crippen molar-refractivity contribution < 1.29 is 17.9 Å². The number of ether oxygens (including phenoxy) is 2. The van der Waals surface area contributed by atoms with Crippen LogP contribution in [0.15, 0.2) is 23.2 Å². The van der Waals surface area contributed by atoms with Crippen LogP contribution in [0, 0.1) is 0 Å². The summed E-state index contributed by atoms with van der Waals surface area (Å²) in [5.41, 5.74) is 0.811. The molecule has 0 spiro atoms. The maximum atomic E-state index is 11.9. The van der Waals surface area contributed by atoms with Gasteiger partial charge in [-0.3, -0.25) is 4.99 Å². The molecule has 1 aliphatic heterocycles. The van der Waals surface area contributed by atoms with Crippen LogP contribution in [-0.4, -0.2) is 64.3 Å². The fourth-order valence-corrected chi connectivity index (χ4v) is 4.27. The van der Waals surface area contributed by atoms with Crippen LogP contribution in [0.5, 0.6) is 11.5 Å². The predicted octanol–water partition coefficient (Wildman–Crippen LogP) is 2.51. The van der Waals surface area contributed by atoms with E-state index in [1.54, 1.807) is 11.4 Å². The number of guanidine groups is 1. The fourth-order valence-electron chi connectivity index (χ4n) is 3.09. The van der Waals surface area contributed by atoms with Crippen molar-refractivity contribution in [2.24, 2.45) is 4.99 Å². The maximum Gasteiger partial charge on any atom is 0.211 e. The van der Waals surface area contributed by atoms with Gasteiger partial charge in [0, 0.05) is 30.9 Å². The van der Waals surface area contributed by atoms with Gasteiger partial charge in [0.2, 0.25) is 10.0 Å². The second-order valence-corrected chi connectivity index (χ2v) is 8.25. The van der Waals surface area contributed by atoms with Gasteiger partial charge in [0.1, 0.15) is 0 Å². The Morgan fingerprint density at radius 3 is 2.68 bits per heavy atom. The second kappa shape index (κ2) is 11.7. The zero-order valence-electron chi connectivity index (χ0n) is 16.9. The zero-order chi connectivity index (χ0) is 19.9. The molecule has 160 valence electrons. The van der Waals surface area contributed by atoms with Crippen LogP contribution in [0.3, 0.4) is 0 Å². The van der Waals surface area contributed by atoms with Crippen molar-refractivity contribution >= 4 is 45.6 Å². The number of sulfonamides is 1. The van der Waals surface area contributed by atoms with Crippen LogP contribution >= 0.6 is 24.0 Å². The number of hydrogen-bond donors (Lipinski definition) is 2. The van der Waals surface area contributed by atoms with Crippen LogP contribution in [0.1, 0.15) is 26.7 Å². The summed E-state index contributed by atoms with van der Waals surface area (Å²) in [4.78, 5) is 4.59. The molecule has 0 unspecified atom stereocenters. The average molecular weight is 526 g/mol. The number of nitrogens with zero attached hydrogens (tertiary/aromatic N) is 2.